The molecular formula is C12H15N5O3. The van der Waals surface area contributed by atoms with E-state index in [2.05, 4.69) is 20.5 Å². The van der Waals surface area contributed by atoms with Crippen molar-refractivity contribution < 1.29 is 9.53 Å². The van der Waals surface area contributed by atoms with Gasteiger partial charge in [-0.1, -0.05) is 6.07 Å². The number of aromatic nitrogens is 4. The number of ether oxygens (including phenoxy) is 1. The van der Waals surface area contributed by atoms with Gasteiger partial charge >= 0.3 is 6.01 Å². The maximum Gasteiger partial charge on any atom is 0.337 e. The van der Waals surface area contributed by atoms with Gasteiger partial charge in [0.25, 0.3) is 5.56 Å². The van der Waals surface area contributed by atoms with E-state index < -0.39 is 0 Å². The fourth-order valence-corrected chi connectivity index (χ4v) is 1.56. The van der Waals surface area contributed by atoms with Crippen LogP contribution in [-0.2, 0) is 11.3 Å². The van der Waals surface area contributed by atoms with Crippen molar-refractivity contribution in [2.75, 3.05) is 11.9 Å². The molecule has 1 amide bonds. The summed E-state index contributed by atoms with van der Waals surface area (Å²) in [7, 11) is 0. The molecule has 106 valence electrons. The van der Waals surface area contributed by atoms with Crippen molar-refractivity contribution in [2.45, 2.75) is 19.9 Å². The maximum absolute atomic E-state index is 11.7. The number of aryl methyl sites for hydroxylation is 1. The van der Waals surface area contributed by atoms with Gasteiger partial charge in [-0.05, 0) is 13.0 Å². The van der Waals surface area contributed by atoms with Crippen LogP contribution in [0.2, 0.25) is 0 Å². The monoisotopic (exact) mass is 277 g/mol. The van der Waals surface area contributed by atoms with E-state index in [1.54, 1.807) is 18.3 Å². The van der Waals surface area contributed by atoms with Crippen LogP contribution in [0.25, 0.3) is 0 Å². The Hall–Kier alpha value is -2.64. The number of carbonyl (C=O) groups excluding carboxylic acids is 1. The van der Waals surface area contributed by atoms with Gasteiger partial charge in [0.2, 0.25) is 11.9 Å². The molecule has 8 heteroatoms. The number of rotatable bonds is 6. The minimum absolute atomic E-state index is 0.140. The van der Waals surface area contributed by atoms with Gasteiger partial charge < -0.3 is 9.30 Å². The van der Waals surface area contributed by atoms with Gasteiger partial charge in [-0.25, -0.2) is 5.10 Å². The summed E-state index contributed by atoms with van der Waals surface area (Å²) in [4.78, 5) is 27.1. The first-order chi connectivity index (χ1) is 9.69. The van der Waals surface area contributed by atoms with E-state index in [9.17, 15) is 9.59 Å². The first-order valence-electron chi connectivity index (χ1n) is 6.19. The average Bonchev–Trinajstić information content (AvgIpc) is 2.85. The first kappa shape index (κ1) is 13.8. The molecule has 2 heterocycles. The highest BCUT2D eigenvalue weighted by Crippen LogP contribution is 2.05. The minimum atomic E-state index is -0.264. The van der Waals surface area contributed by atoms with Crippen LogP contribution >= 0.6 is 0 Å². The van der Waals surface area contributed by atoms with Crippen LogP contribution in [-0.4, -0.2) is 32.3 Å². The molecule has 2 rings (SSSR count). The average molecular weight is 277 g/mol. The van der Waals surface area contributed by atoms with E-state index in [4.69, 9.17) is 4.74 Å². The van der Waals surface area contributed by atoms with Gasteiger partial charge in [0.05, 0.1) is 6.61 Å². The number of nitrogens with one attached hydrogen (secondary N) is 2. The molecule has 0 aliphatic heterocycles. The van der Waals surface area contributed by atoms with Crippen LogP contribution in [0.4, 0.5) is 5.95 Å². The number of carbonyl (C=O) groups is 1. The van der Waals surface area contributed by atoms with Gasteiger partial charge in [0.1, 0.15) is 0 Å². The Morgan fingerprint density at radius 2 is 2.35 bits per heavy atom. The van der Waals surface area contributed by atoms with Crippen LogP contribution in [0.5, 0.6) is 6.01 Å². The van der Waals surface area contributed by atoms with E-state index in [1.165, 1.54) is 10.6 Å². The molecule has 0 spiro atoms. The molecule has 0 aliphatic carbocycles. The predicted molar refractivity (Wildman–Crippen MR) is 71.5 cm³/mol. The summed E-state index contributed by atoms with van der Waals surface area (Å²) < 4.78 is 6.53. The van der Waals surface area contributed by atoms with Crippen molar-refractivity contribution >= 4 is 11.9 Å². The summed E-state index contributed by atoms with van der Waals surface area (Å²) in [6.07, 6.45) is 1.80. The lowest BCUT2D eigenvalue weighted by Gasteiger charge is -2.04. The zero-order valence-corrected chi connectivity index (χ0v) is 11.0. The second-order valence-electron chi connectivity index (χ2n) is 3.93. The Morgan fingerprint density at radius 1 is 1.50 bits per heavy atom. The van der Waals surface area contributed by atoms with Gasteiger partial charge in [-0.15, -0.1) is 5.10 Å². The normalized spacial score (nSPS) is 10.2. The second kappa shape index (κ2) is 6.50. The summed E-state index contributed by atoms with van der Waals surface area (Å²) in [6, 6.07) is 5.03. The predicted octanol–water partition coefficient (Wildman–Crippen LogP) is 0.394. The van der Waals surface area contributed by atoms with Crippen LogP contribution in [0.15, 0.2) is 29.2 Å². The lowest BCUT2D eigenvalue weighted by molar-refractivity contribution is -0.116. The van der Waals surface area contributed by atoms with E-state index in [0.717, 1.165) is 0 Å². The molecule has 0 atom stereocenters. The lowest BCUT2D eigenvalue weighted by atomic mass is 10.3. The molecule has 0 aromatic carbocycles. The van der Waals surface area contributed by atoms with Gasteiger partial charge in [0.15, 0.2) is 0 Å². The van der Waals surface area contributed by atoms with Gasteiger partial charge in [-0.2, -0.15) is 4.98 Å². The topological polar surface area (TPSA) is 102 Å². The lowest BCUT2D eigenvalue weighted by Crippen LogP contribution is -2.22. The van der Waals surface area contributed by atoms with Crippen LogP contribution in [0.3, 0.4) is 0 Å². The third-order valence-corrected chi connectivity index (χ3v) is 2.47. The summed E-state index contributed by atoms with van der Waals surface area (Å²) >= 11 is 0. The van der Waals surface area contributed by atoms with Crippen molar-refractivity contribution in [2.24, 2.45) is 0 Å². The molecule has 8 nitrogen and oxygen atoms in total. The number of aromatic amines is 1. The fourth-order valence-electron chi connectivity index (χ4n) is 1.56. The van der Waals surface area contributed by atoms with Gasteiger partial charge in [-0.3, -0.25) is 14.9 Å². The standard InChI is InChI=1S/C12H15N5O3/c1-2-20-12-14-11(15-16-12)13-9(18)6-8-17-7-4-3-5-10(17)19/h3-5,7H,2,6,8H2,1H3,(H2,13,14,15,16,18). The number of pyridine rings is 1. The zero-order valence-electron chi connectivity index (χ0n) is 11.0. The molecule has 0 bridgehead atoms. The van der Waals surface area contributed by atoms with E-state index in [-0.39, 0.29) is 29.8 Å². The van der Waals surface area contributed by atoms with Crippen molar-refractivity contribution in [3.63, 3.8) is 0 Å². The Labute approximate surface area is 114 Å². The SMILES string of the molecule is CCOc1n[nH]c(NC(=O)CCn2ccccc2=O)n1. The quantitative estimate of drug-likeness (QED) is 0.795. The molecule has 0 fully saturated rings. The highest BCUT2D eigenvalue weighted by Gasteiger charge is 2.08. The van der Waals surface area contributed by atoms with E-state index >= 15 is 0 Å². The molecule has 0 unspecified atom stereocenters. The van der Waals surface area contributed by atoms with Crippen molar-refractivity contribution in [3.05, 3.63) is 34.7 Å². The van der Waals surface area contributed by atoms with Crippen molar-refractivity contribution in [1.29, 1.82) is 0 Å². The van der Waals surface area contributed by atoms with Crippen LogP contribution < -0.4 is 15.6 Å². The number of hydrogen-bond donors (Lipinski definition) is 2. The molecule has 0 saturated heterocycles. The summed E-state index contributed by atoms with van der Waals surface area (Å²) in [5.74, 6) is -0.0428. The van der Waals surface area contributed by atoms with E-state index in [0.29, 0.717) is 13.2 Å². The first-order valence-corrected chi connectivity index (χ1v) is 6.19. The number of nitrogens with zero attached hydrogens (tertiary/aromatic N) is 3. The largest absolute Gasteiger partial charge is 0.463 e. The summed E-state index contributed by atoms with van der Waals surface area (Å²) in [5.41, 5.74) is -0.140. The summed E-state index contributed by atoms with van der Waals surface area (Å²) in [6.45, 7) is 2.56. The van der Waals surface area contributed by atoms with Crippen LogP contribution in [0.1, 0.15) is 13.3 Å². The molecule has 20 heavy (non-hydrogen) atoms. The molecule has 0 radical (unpaired) electrons. The molecule has 2 aromatic heterocycles. The molecule has 0 aliphatic rings. The summed E-state index contributed by atoms with van der Waals surface area (Å²) in [5, 5.41) is 8.85. The van der Waals surface area contributed by atoms with E-state index in [1.807, 2.05) is 6.92 Å². The highest BCUT2D eigenvalue weighted by molar-refractivity contribution is 5.88. The Balaban J connectivity index is 1.86. The second-order valence-corrected chi connectivity index (χ2v) is 3.93. The number of hydrogen-bond acceptors (Lipinski definition) is 5. The minimum Gasteiger partial charge on any atom is -0.463 e. The third-order valence-electron chi connectivity index (χ3n) is 2.47. The molecule has 0 saturated carbocycles. The maximum atomic E-state index is 11.7. The third kappa shape index (κ3) is 3.67. The molecular weight excluding hydrogens is 262 g/mol. The Morgan fingerprint density at radius 3 is 3.10 bits per heavy atom. The zero-order chi connectivity index (χ0) is 14.4. The fraction of sp³-hybridized carbons (Fsp3) is 0.333. The molecule has 2 N–H and O–H groups in total. The highest BCUT2D eigenvalue weighted by atomic mass is 16.5. The van der Waals surface area contributed by atoms with Crippen LogP contribution in [0, 0.1) is 0 Å². The van der Waals surface area contributed by atoms with Crippen molar-refractivity contribution in [1.82, 2.24) is 19.7 Å². The van der Waals surface area contributed by atoms with Gasteiger partial charge in [0, 0.05) is 25.2 Å². The number of H-pyrrole nitrogens is 1. The smallest absolute Gasteiger partial charge is 0.337 e. The van der Waals surface area contributed by atoms with Crippen molar-refractivity contribution in [3.8, 4) is 6.01 Å². The number of anilines is 1. The Kier molecular flexibility index (Phi) is 4.48. The molecule has 2 aromatic rings. The Bertz CT molecular complexity index is 634. The number of amides is 1.